The molecule has 2 aliphatic heterocycles. The standard InChI is InChI=1S/C20H24N2O2.2ClH/c1-3-19-14-18(16-22-7-11-24-12-8-22)2-4-20(19)13-17(1)15-21-5-9-23-10-6-21;;/h1-4,13-16H,5-12H2;2*1H/q+2;;/p-2. The third kappa shape index (κ3) is 5.27. The number of benzene rings is 2. The fraction of sp³-hybridized carbons (Fsp3) is 0.400. The fourth-order valence-corrected chi connectivity index (χ4v) is 3.28. The van der Waals surface area contributed by atoms with E-state index in [0.717, 1.165) is 52.6 Å². The normalized spacial score (nSPS) is 17.2. The van der Waals surface area contributed by atoms with Crippen molar-refractivity contribution in [3.8, 4) is 0 Å². The van der Waals surface area contributed by atoms with Gasteiger partial charge in [0.2, 0.25) is 0 Å². The molecule has 2 heterocycles. The summed E-state index contributed by atoms with van der Waals surface area (Å²) in [7, 11) is 0. The number of rotatable bonds is 2. The van der Waals surface area contributed by atoms with E-state index in [4.69, 9.17) is 9.47 Å². The Balaban J connectivity index is 0.00000121. The largest absolute Gasteiger partial charge is 1.00 e. The van der Waals surface area contributed by atoms with Crippen LogP contribution in [0.2, 0.25) is 0 Å². The lowest BCUT2D eigenvalue weighted by molar-refractivity contribution is -0.544. The first kappa shape index (κ1) is 20.8. The SMILES string of the molecule is C(c1ccc2cc(C=[N+]3CCOCC3)ccc2c1)=[N+]1CCOCC1.[Cl-].[Cl-]. The van der Waals surface area contributed by atoms with Crippen LogP contribution in [-0.2, 0) is 9.47 Å². The van der Waals surface area contributed by atoms with Gasteiger partial charge < -0.3 is 34.3 Å². The molecule has 0 unspecified atom stereocenters. The lowest BCUT2D eigenvalue weighted by atomic mass is 10.0. The molecule has 2 aromatic rings. The predicted octanol–water partition coefficient (Wildman–Crippen LogP) is -4.23. The molecular formula is C20H24Cl2N2O2. The van der Waals surface area contributed by atoms with Gasteiger partial charge in [-0.3, -0.25) is 0 Å². The summed E-state index contributed by atoms with van der Waals surface area (Å²) in [4.78, 5) is 0. The van der Waals surface area contributed by atoms with Crippen molar-refractivity contribution in [1.29, 1.82) is 0 Å². The van der Waals surface area contributed by atoms with Crippen molar-refractivity contribution in [1.82, 2.24) is 0 Å². The van der Waals surface area contributed by atoms with Gasteiger partial charge in [-0.1, -0.05) is 12.1 Å². The quantitative estimate of drug-likeness (QED) is 0.482. The van der Waals surface area contributed by atoms with Crippen molar-refractivity contribution in [3.63, 3.8) is 0 Å². The summed E-state index contributed by atoms with van der Waals surface area (Å²) in [6, 6.07) is 13.4. The van der Waals surface area contributed by atoms with E-state index in [1.807, 2.05) is 0 Å². The average molecular weight is 395 g/mol. The van der Waals surface area contributed by atoms with Crippen LogP contribution < -0.4 is 24.8 Å². The molecule has 140 valence electrons. The van der Waals surface area contributed by atoms with E-state index in [9.17, 15) is 0 Å². The van der Waals surface area contributed by atoms with Crippen LogP contribution in [0.25, 0.3) is 10.8 Å². The summed E-state index contributed by atoms with van der Waals surface area (Å²) in [5.74, 6) is 0. The van der Waals surface area contributed by atoms with E-state index in [-0.39, 0.29) is 24.8 Å². The Morgan fingerprint density at radius 2 is 1.00 bits per heavy atom. The molecule has 2 aliphatic rings. The molecule has 0 spiro atoms. The minimum atomic E-state index is 0. The highest BCUT2D eigenvalue weighted by atomic mass is 35.5. The highest BCUT2D eigenvalue weighted by molar-refractivity contribution is 5.92. The number of nitrogens with zero attached hydrogens (tertiary/aromatic N) is 2. The number of hydrogen-bond donors (Lipinski definition) is 0. The van der Waals surface area contributed by atoms with E-state index in [1.54, 1.807) is 0 Å². The Morgan fingerprint density at radius 3 is 1.38 bits per heavy atom. The molecule has 26 heavy (non-hydrogen) atoms. The molecule has 0 N–H and O–H groups in total. The van der Waals surface area contributed by atoms with Crippen LogP contribution in [0.1, 0.15) is 11.1 Å². The highest BCUT2D eigenvalue weighted by Crippen LogP contribution is 2.17. The summed E-state index contributed by atoms with van der Waals surface area (Å²) in [5, 5.41) is 2.58. The van der Waals surface area contributed by atoms with Gasteiger partial charge in [-0.25, -0.2) is 9.15 Å². The lowest BCUT2D eigenvalue weighted by Gasteiger charge is -2.11. The van der Waals surface area contributed by atoms with Crippen LogP contribution in [-0.4, -0.2) is 74.2 Å². The van der Waals surface area contributed by atoms with Crippen LogP contribution >= 0.6 is 0 Å². The van der Waals surface area contributed by atoms with E-state index in [1.165, 1.54) is 21.9 Å². The van der Waals surface area contributed by atoms with Gasteiger partial charge >= 0.3 is 0 Å². The van der Waals surface area contributed by atoms with Crippen molar-refractivity contribution in [2.45, 2.75) is 0 Å². The van der Waals surface area contributed by atoms with Crippen molar-refractivity contribution in [2.75, 3.05) is 52.6 Å². The maximum absolute atomic E-state index is 5.41. The van der Waals surface area contributed by atoms with Crippen LogP contribution in [0.4, 0.5) is 0 Å². The Kier molecular flexibility index (Phi) is 8.04. The predicted molar refractivity (Wildman–Crippen MR) is 95.9 cm³/mol. The van der Waals surface area contributed by atoms with E-state index < -0.39 is 0 Å². The minimum Gasteiger partial charge on any atom is -1.00 e. The summed E-state index contributed by atoms with van der Waals surface area (Å²) in [6.45, 7) is 7.21. The van der Waals surface area contributed by atoms with Gasteiger partial charge in [0.25, 0.3) is 0 Å². The monoisotopic (exact) mass is 394 g/mol. The molecule has 0 saturated carbocycles. The van der Waals surface area contributed by atoms with Crippen molar-refractivity contribution >= 4 is 23.2 Å². The second-order valence-corrected chi connectivity index (χ2v) is 6.42. The second-order valence-electron chi connectivity index (χ2n) is 6.42. The molecule has 4 nitrogen and oxygen atoms in total. The molecule has 2 aromatic carbocycles. The third-order valence-electron chi connectivity index (χ3n) is 4.64. The van der Waals surface area contributed by atoms with Crippen LogP contribution in [0.15, 0.2) is 36.4 Å². The molecular weight excluding hydrogens is 371 g/mol. The maximum atomic E-state index is 5.41. The highest BCUT2D eigenvalue weighted by Gasteiger charge is 2.12. The number of halogens is 2. The smallest absolute Gasteiger partial charge is 0.170 e. The molecule has 0 bridgehead atoms. The first-order chi connectivity index (χ1) is 11.9. The number of morpholine rings is 2. The van der Waals surface area contributed by atoms with Gasteiger partial charge in [0.15, 0.2) is 38.6 Å². The van der Waals surface area contributed by atoms with E-state index >= 15 is 0 Å². The summed E-state index contributed by atoms with van der Waals surface area (Å²) in [5.41, 5.74) is 2.52. The second kappa shape index (κ2) is 10.0. The number of hydrogen-bond acceptors (Lipinski definition) is 2. The summed E-state index contributed by atoms with van der Waals surface area (Å²) < 4.78 is 15.5. The molecule has 0 amide bonds. The van der Waals surface area contributed by atoms with Gasteiger partial charge in [-0.15, -0.1) is 0 Å². The van der Waals surface area contributed by atoms with E-state index in [0.29, 0.717) is 0 Å². The number of fused-ring (bicyclic) bond motifs is 1. The zero-order valence-electron chi connectivity index (χ0n) is 14.7. The van der Waals surface area contributed by atoms with Crippen LogP contribution in [0.5, 0.6) is 0 Å². The Morgan fingerprint density at radius 1 is 0.615 bits per heavy atom. The molecule has 0 radical (unpaired) electrons. The first-order valence-corrected chi connectivity index (χ1v) is 8.74. The molecule has 0 aromatic heterocycles. The Labute approximate surface area is 166 Å². The molecule has 2 fully saturated rings. The third-order valence-corrected chi connectivity index (χ3v) is 4.64. The van der Waals surface area contributed by atoms with Crippen molar-refractivity contribution in [3.05, 3.63) is 47.5 Å². The summed E-state index contributed by atoms with van der Waals surface area (Å²) >= 11 is 0. The van der Waals surface area contributed by atoms with Gasteiger partial charge in [-0.05, 0) is 35.0 Å². The molecule has 6 heteroatoms. The number of ether oxygens (including phenoxy) is 2. The molecule has 0 atom stereocenters. The Hall–Kier alpha value is -1.46. The zero-order chi connectivity index (χ0) is 16.2. The van der Waals surface area contributed by atoms with Crippen molar-refractivity contribution < 1.29 is 43.4 Å². The maximum Gasteiger partial charge on any atom is 0.170 e. The first-order valence-electron chi connectivity index (χ1n) is 8.74. The van der Waals surface area contributed by atoms with Crippen molar-refractivity contribution in [2.24, 2.45) is 0 Å². The zero-order valence-corrected chi connectivity index (χ0v) is 16.3. The average Bonchev–Trinajstić information content (AvgIpc) is 2.64. The topological polar surface area (TPSA) is 24.5 Å². The summed E-state index contributed by atoms with van der Waals surface area (Å²) in [6.07, 6.45) is 4.49. The van der Waals surface area contributed by atoms with Gasteiger partial charge in [0, 0.05) is 11.1 Å². The van der Waals surface area contributed by atoms with Crippen LogP contribution in [0.3, 0.4) is 0 Å². The van der Waals surface area contributed by atoms with Gasteiger partial charge in [-0.2, -0.15) is 0 Å². The molecule has 4 rings (SSSR count). The van der Waals surface area contributed by atoms with Crippen LogP contribution in [0, 0.1) is 0 Å². The van der Waals surface area contributed by atoms with E-state index in [2.05, 4.69) is 58.0 Å². The molecule has 0 aliphatic carbocycles. The fourth-order valence-electron chi connectivity index (χ4n) is 3.28. The van der Waals surface area contributed by atoms with Gasteiger partial charge in [0.05, 0.1) is 0 Å². The van der Waals surface area contributed by atoms with Gasteiger partial charge in [0.1, 0.15) is 26.4 Å². The molecule has 2 saturated heterocycles. The Bertz CT molecular complexity index is 722. The minimum absolute atomic E-state index is 0. The lowest BCUT2D eigenvalue weighted by Crippen LogP contribution is -3.00.